The molecule has 1 fully saturated rings. The number of anilines is 1. The number of nitrogens with zero attached hydrogens (tertiary/aromatic N) is 1. The maximum Gasteiger partial charge on any atom is 0.258 e. The third-order valence-electron chi connectivity index (χ3n) is 5.13. The molecule has 1 saturated heterocycles. The van der Waals surface area contributed by atoms with Crippen LogP contribution in [-0.2, 0) is 10.0 Å². The third kappa shape index (κ3) is 4.43. The van der Waals surface area contributed by atoms with Gasteiger partial charge < -0.3 is 10.1 Å². The number of hydrogen-bond acceptors (Lipinski definition) is 4. The number of aryl methyl sites for hydroxylation is 1. The van der Waals surface area contributed by atoms with Crippen molar-refractivity contribution in [2.24, 2.45) is 0 Å². The van der Waals surface area contributed by atoms with Crippen LogP contribution in [0.1, 0.15) is 42.1 Å². The van der Waals surface area contributed by atoms with E-state index in [2.05, 4.69) is 5.32 Å². The Balaban J connectivity index is 1.93. The van der Waals surface area contributed by atoms with Crippen molar-refractivity contribution in [1.29, 1.82) is 0 Å². The molecule has 0 spiro atoms. The van der Waals surface area contributed by atoms with E-state index in [0.717, 1.165) is 37.0 Å². The number of methoxy groups -OCH3 is 1. The molecule has 1 N–H and O–H groups in total. The summed E-state index contributed by atoms with van der Waals surface area (Å²) in [5.41, 5.74) is 0.936. The van der Waals surface area contributed by atoms with Crippen molar-refractivity contribution >= 4 is 21.6 Å². The van der Waals surface area contributed by atoms with Crippen LogP contribution >= 0.6 is 0 Å². The van der Waals surface area contributed by atoms with Gasteiger partial charge in [-0.25, -0.2) is 12.8 Å². The van der Waals surface area contributed by atoms with Gasteiger partial charge in [0.25, 0.3) is 5.91 Å². The van der Waals surface area contributed by atoms with Crippen LogP contribution in [0.15, 0.2) is 41.3 Å². The molecule has 2 aromatic rings. The number of carbonyl (C=O) groups is 1. The summed E-state index contributed by atoms with van der Waals surface area (Å²) in [5.74, 6) is -1.11. The van der Waals surface area contributed by atoms with Gasteiger partial charge in [0.05, 0.1) is 23.3 Å². The first-order valence-corrected chi connectivity index (χ1v) is 11.0. The van der Waals surface area contributed by atoms with Crippen LogP contribution in [-0.4, -0.2) is 38.3 Å². The molecule has 6 nitrogen and oxygen atoms in total. The van der Waals surface area contributed by atoms with Gasteiger partial charge in [0.1, 0.15) is 11.6 Å². The van der Waals surface area contributed by atoms with Gasteiger partial charge in [-0.2, -0.15) is 4.31 Å². The average Bonchev–Trinajstić information content (AvgIpc) is 2.68. The molecule has 0 radical (unpaired) electrons. The first kappa shape index (κ1) is 21.3. The number of nitrogens with one attached hydrogen (secondary N) is 1. The average molecular weight is 421 g/mol. The summed E-state index contributed by atoms with van der Waals surface area (Å²) in [5, 5.41) is 2.61. The van der Waals surface area contributed by atoms with Crippen LogP contribution in [0, 0.1) is 12.7 Å². The van der Waals surface area contributed by atoms with Crippen LogP contribution < -0.4 is 10.1 Å². The number of piperidine rings is 1. The SMILES string of the molecule is COc1ccc(C)cc1NC(=O)c1cc(S(=O)(=O)N2CCCCC2C)ccc1F. The zero-order valence-corrected chi connectivity index (χ0v) is 17.6. The standard InChI is InChI=1S/C21H25FN2O4S/c1-14-7-10-20(28-3)19(12-14)23-21(25)17-13-16(8-9-18(17)22)29(26,27)24-11-5-4-6-15(24)2/h7-10,12-13,15H,4-6,11H2,1-3H3,(H,23,25). The summed E-state index contributed by atoms with van der Waals surface area (Å²) >= 11 is 0. The van der Waals surface area contributed by atoms with E-state index in [1.54, 1.807) is 12.1 Å². The Morgan fingerprint density at radius 2 is 1.97 bits per heavy atom. The number of benzene rings is 2. The smallest absolute Gasteiger partial charge is 0.258 e. The number of carbonyl (C=O) groups excluding carboxylic acids is 1. The largest absolute Gasteiger partial charge is 0.495 e. The summed E-state index contributed by atoms with van der Waals surface area (Å²) in [7, 11) is -2.35. The van der Waals surface area contributed by atoms with E-state index in [4.69, 9.17) is 4.74 Å². The molecule has 8 heteroatoms. The van der Waals surface area contributed by atoms with Crippen LogP contribution in [0.4, 0.5) is 10.1 Å². The van der Waals surface area contributed by atoms with E-state index in [-0.39, 0.29) is 16.5 Å². The molecule has 29 heavy (non-hydrogen) atoms. The predicted molar refractivity (Wildman–Crippen MR) is 109 cm³/mol. The second kappa shape index (κ2) is 8.51. The summed E-state index contributed by atoms with van der Waals surface area (Å²) in [6.07, 6.45) is 2.54. The molecule has 1 unspecified atom stereocenters. The first-order valence-electron chi connectivity index (χ1n) is 9.51. The zero-order chi connectivity index (χ0) is 21.2. The monoisotopic (exact) mass is 420 g/mol. The topological polar surface area (TPSA) is 75.7 Å². The molecule has 156 valence electrons. The van der Waals surface area contributed by atoms with Crippen molar-refractivity contribution in [3.63, 3.8) is 0 Å². The van der Waals surface area contributed by atoms with E-state index in [1.165, 1.54) is 17.5 Å². The minimum atomic E-state index is -3.81. The molecule has 1 atom stereocenters. The highest BCUT2D eigenvalue weighted by Gasteiger charge is 2.32. The van der Waals surface area contributed by atoms with E-state index in [9.17, 15) is 17.6 Å². The molecule has 0 aliphatic carbocycles. The van der Waals surface area contributed by atoms with Crippen molar-refractivity contribution in [3.8, 4) is 5.75 Å². The van der Waals surface area contributed by atoms with Crippen LogP contribution in [0.3, 0.4) is 0 Å². The number of halogens is 1. The highest BCUT2D eigenvalue weighted by Crippen LogP contribution is 2.28. The van der Waals surface area contributed by atoms with Crippen molar-refractivity contribution in [2.45, 2.75) is 44.0 Å². The fraction of sp³-hybridized carbons (Fsp3) is 0.381. The minimum absolute atomic E-state index is 0.0889. The van der Waals surface area contributed by atoms with Crippen LogP contribution in [0.5, 0.6) is 5.75 Å². The van der Waals surface area contributed by atoms with E-state index >= 15 is 0 Å². The lowest BCUT2D eigenvalue weighted by molar-refractivity contribution is 0.102. The van der Waals surface area contributed by atoms with Gasteiger partial charge in [-0.15, -0.1) is 0 Å². The minimum Gasteiger partial charge on any atom is -0.495 e. The van der Waals surface area contributed by atoms with E-state index in [1.807, 2.05) is 19.9 Å². The summed E-state index contributed by atoms with van der Waals surface area (Å²) in [6, 6.07) is 8.41. The predicted octanol–water partition coefficient (Wildman–Crippen LogP) is 3.96. The molecule has 1 amide bonds. The molecular weight excluding hydrogens is 395 g/mol. The Hall–Kier alpha value is -2.45. The van der Waals surface area contributed by atoms with E-state index < -0.39 is 21.7 Å². The normalized spacial score (nSPS) is 17.7. The van der Waals surface area contributed by atoms with Gasteiger partial charge >= 0.3 is 0 Å². The lowest BCUT2D eigenvalue weighted by Gasteiger charge is -2.32. The maximum atomic E-state index is 14.4. The number of hydrogen-bond donors (Lipinski definition) is 1. The summed E-state index contributed by atoms with van der Waals surface area (Å²) in [4.78, 5) is 12.6. The molecule has 1 aliphatic rings. The molecule has 1 heterocycles. The molecule has 3 rings (SSSR count). The third-order valence-corrected chi connectivity index (χ3v) is 7.14. The quantitative estimate of drug-likeness (QED) is 0.795. The number of ether oxygens (including phenoxy) is 1. The fourth-order valence-electron chi connectivity index (χ4n) is 3.51. The summed E-state index contributed by atoms with van der Waals surface area (Å²) in [6.45, 7) is 4.13. The Morgan fingerprint density at radius 1 is 1.21 bits per heavy atom. The molecule has 0 aromatic heterocycles. The molecule has 0 bridgehead atoms. The highest BCUT2D eigenvalue weighted by atomic mass is 32.2. The molecule has 1 aliphatic heterocycles. The van der Waals surface area contributed by atoms with Crippen molar-refractivity contribution < 1.29 is 22.3 Å². The Morgan fingerprint density at radius 3 is 2.66 bits per heavy atom. The highest BCUT2D eigenvalue weighted by molar-refractivity contribution is 7.89. The van der Waals surface area contributed by atoms with Gasteiger partial charge in [0.15, 0.2) is 0 Å². The van der Waals surface area contributed by atoms with Crippen LogP contribution in [0.25, 0.3) is 0 Å². The first-order chi connectivity index (χ1) is 13.7. The fourth-order valence-corrected chi connectivity index (χ4v) is 5.24. The van der Waals surface area contributed by atoms with Crippen LogP contribution in [0.2, 0.25) is 0 Å². The number of sulfonamides is 1. The number of amides is 1. The molecule has 0 saturated carbocycles. The van der Waals surface area contributed by atoms with E-state index in [0.29, 0.717) is 18.0 Å². The van der Waals surface area contributed by atoms with Gasteiger partial charge in [0, 0.05) is 12.6 Å². The maximum absolute atomic E-state index is 14.4. The van der Waals surface area contributed by atoms with Crippen molar-refractivity contribution in [1.82, 2.24) is 4.31 Å². The molecule has 2 aromatic carbocycles. The lowest BCUT2D eigenvalue weighted by atomic mass is 10.1. The second-order valence-electron chi connectivity index (χ2n) is 7.26. The van der Waals surface area contributed by atoms with Gasteiger partial charge in [-0.1, -0.05) is 12.5 Å². The molecular formula is C21H25FN2O4S. The van der Waals surface area contributed by atoms with Gasteiger partial charge in [0.2, 0.25) is 10.0 Å². The van der Waals surface area contributed by atoms with Crippen molar-refractivity contribution in [3.05, 3.63) is 53.3 Å². The summed E-state index contributed by atoms with van der Waals surface area (Å²) < 4.78 is 47.1. The lowest BCUT2D eigenvalue weighted by Crippen LogP contribution is -2.42. The Labute approximate surface area is 170 Å². The Kier molecular flexibility index (Phi) is 6.24. The van der Waals surface area contributed by atoms with Gasteiger partial charge in [-0.05, 0) is 62.6 Å². The number of rotatable bonds is 5. The second-order valence-corrected chi connectivity index (χ2v) is 9.15. The Bertz CT molecular complexity index is 1020. The zero-order valence-electron chi connectivity index (χ0n) is 16.7. The van der Waals surface area contributed by atoms with Crippen molar-refractivity contribution in [2.75, 3.05) is 19.0 Å². The van der Waals surface area contributed by atoms with Gasteiger partial charge in [-0.3, -0.25) is 4.79 Å².